The van der Waals surface area contributed by atoms with Crippen LogP contribution in [0.4, 0.5) is 0 Å². The highest BCUT2D eigenvalue weighted by atomic mass is 79.9. The van der Waals surface area contributed by atoms with E-state index in [4.69, 9.17) is 0 Å². The third kappa shape index (κ3) is 9.54. The van der Waals surface area contributed by atoms with E-state index < -0.39 is 0 Å². The van der Waals surface area contributed by atoms with Gasteiger partial charge in [-0.25, -0.2) is 0 Å². The van der Waals surface area contributed by atoms with E-state index in [1.165, 1.54) is 99.4 Å². The fraction of sp³-hybridized carbons (Fsp3) is 1.00. The third-order valence-corrected chi connectivity index (χ3v) is 6.55. The first-order valence-electron chi connectivity index (χ1n) is 10.0. The predicted octanol–water partition coefficient (Wildman–Crippen LogP) is -1.69. The molecule has 0 saturated carbocycles. The summed E-state index contributed by atoms with van der Waals surface area (Å²) in [6.07, 6.45) is 14.9. The molecule has 0 N–H and O–H groups in total. The zero-order valence-electron chi connectivity index (χ0n) is 16.7. The van der Waals surface area contributed by atoms with Crippen molar-refractivity contribution in [3.63, 3.8) is 0 Å². The van der Waals surface area contributed by atoms with Crippen LogP contribution in [0, 0.1) is 11.8 Å². The molecule has 24 heavy (non-hydrogen) atoms. The second-order valence-electron chi connectivity index (χ2n) is 9.64. The average Bonchev–Trinajstić information content (AvgIpc) is 2.46. The molecule has 0 aromatic heterocycles. The molecule has 2 saturated heterocycles. The summed E-state index contributed by atoms with van der Waals surface area (Å²) < 4.78 is 2.51. The fourth-order valence-corrected chi connectivity index (χ4v) is 4.44. The summed E-state index contributed by atoms with van der Waals surface area (Å²) in [4.78, 5) is 0. The highest BCUT2D eigenvalue weighted by Gasteiger charge is 2.26. The second kappa shape index (κ2) is 11.6. The summed E-state index contributed by atoms with van der Waals surface area (Å²) in [5.41, 5.74) is 0. The normalized spacial score (nSPS) is 24.0. The summed E-state index contributed by atoms with van der Waals surface area (Å²) in [5.74, 6) is 2.09. The van der Waals surface area contributed by atoms with Crippen LogP contribution in [0.1, 0.15) is 64.2 Å². The first-order chi connectivity index (χ1) is 10.4. The number of rotatable bonds is 7. The minimum absolute atomic E-state index is 0. The Bertz CT molecular complexity index is 280. The molecule has 4 heteroatoms. The van der Waals surface area contributed by atoms with E-state index in [9.17, 15) is 0 Å². The lowest BCUT2D eigenvalue weighted by molar-refractivity contribution is -0.896. The van der Waals surface area contributed by atoms with Gasteiger partial charge in [0.15, 0.2) is 0 Å². The number of likely N-dealkylation sites (tertiary alicyclic amines) is 2. The molecule has 2 nitrogen and oxygen atoms in total. The van der Waals surface area contributed by atoms with Gasteiger partial charge < -0.3 is 42.9 Å². The highest BCUT2D eigenvalue weighted by Crippen LogP contribution is 2.27. The van der Waals surface area contributed by atoms with Crippen molar-refractivity contribution in [3.8, 4) is 0 Å². The van der Waals surface area contributed by atoms with Crippen LogP contribution in [0.25, 0.3) is 0 Å². The number of hydrogen-bond donors (Lipinski definition) is 0. The Hall–Kier alpha value is 0.880. The number of quaternary nitrogens is 2. The molecule has 0 unspecified atom stereocenters. The van der Waals surface area contributed by atoms with Crippen LogP contribution >= 0.6 is 0 Å². The van der Waals surface area contributed by atoms with Gasteiger partial charge in [0.2, 0.25) is 0 Å². The molecule has 0 amide bonds. The predicted molar refractivity (Wildman–Crippen MR) is 96.8 cm³/mol. The first kappa shape index (κ1) is 24.9. The van der Waals surface area contributed by atoms with Gasteiger partial charge >= 0.3 is 0 Å². The maximum atomic E-state index is 2.39. The van der Waals surface area contributed by atoms with Crippen molar-refractivity contribution >= 4 is 0 Å². The van der Waals surface area contributed by atoms with Crippen molar-refractivity contribution in [1.82, 2.24) is 0 Å². The van der Waals surface area contributed by atoms with Crippen LogP contribution in [-0.4, -0.2) is 63.3 Å². The Kier molecular flexibility index (Phi) is 12.0. The zero-order chi connectivity index (χ0) is 16.1. The molecule has 0 aliphatic carbocycles. The molecule has 0 atom stereocenters. The topological polar surface area (TPSA) is 0 Å². The number of unbranched alkanes of at least 4 members (excludes halogenated alkanes) is 3. The van der Waals surface area contributed by atoms with Crippen LogP contribution in [0.2, 0.25) is 0 Å². The Labute approximate surface area is 173 Å². The lowest BCUT2D eigenvalue weighted by Gasteiger charge is -2.37. The molecule has 0 bridgehead atoms. The van der Waals surface area contributed by atoms with E-state index >= 15 is 0 Å². The zero-order valence-corrected chi connectivity index (χ0v) is 19.9. The van der Waals surface area contributed by atoms with E-state index in [1.54, 1.807) is 0 Å². The van der Waals surface area contributed by atoms with Crippen molar-refractivity contribution in [2.75, 3.05) is 54.4 Å². The summed E-state index contributed by atoms with van der Waals surface area (Å²) >= 11 is 0. The van der Waals surface area contributed by atoms with Crippen molar-refractivity contribution < 1.29 is 42.9 Å². The third-order valence-electron chi connectivity index (χ3n) is 6.55. The Balaban J connectivity index is 0.00000264. The molecular weight excluding hydrogens is 428 g/mol. The molecule has 0 aromatic carbocycles. The Morgan fingerprint density at radius 1 is 0.542 bits per heavy atom. The smallest absolute Gasteiger partial charge is 0.0785 e. The molecule has 2 rings (SSSR count). The Morgan fingerprint density at radius 3 is 1.12 bits per heavy atom. The van der Waals surface area contributed by atoms with Gasteiger partial charge in [0.05, 0.1) is 54.4 Å². The van der Waals surface area contributed by atoms with E-state index in [0.717, 1.165) is 11.8 Å². The van der Waals surface area contributed by atoms with Gasteiger partial charge in [-0.2, -0.15) is 0 Å². The molecule has 2 aliphatic heterocycles. The highest BCUT2D eigenvalue weighted by molar-refractivity contribution is 4.66. The largest absolute Gasteiger partial charge is 1.00 e. The maximum Gasteiger partial charge on any atom is 0.0785 e. The maximum absolute atomic E-state index is 2.39. The van der Waals surface area contributed by atoms with Crippen LogP contribution < -0.4 is 34.0 Å². The van der Waals surface area contributed by atoms with Gasteiger partial charge in [0.25, 0.3) is 0 Å². The number of halogens is 2. The average molecular weight is 470 g/mol. The quantitative estimate of drug-likeness (QED) is 0.308. The number of nitrogens with zero attached hydrogens (tertiary/aromatic N) is 2. The molecule has 0 radical (unpaired) electrons. The molecule has 146 valence electrons. The molecular formula is C20H42Br2N2. The summed E-state index contributed by atoms with van der Waals surface area (Å²) in [7, 11) is 9.56. The van der Waals surface area contributed by atoms with Gasteiger partial charge in [-0.1, -0.05) is 38.5 Å². The van der Waals surface area contributed by atoms with Gasteiger partial charge in [-0.15, -0.1) is 0 Å². The molecule has 2 fully saturated rings. The van der Waals surface area contributed by atoms with Crippen LogP contribution in [0.5, 0.6) is 0 Å². The monoisotopic (exact) mass is 468 g/mol. The minimum Gasteiger partial charge on any atom is -1.00 e. The van der Waals surface area contributed by atoms with Crippen molar-refractivity contribution in [2.45, 2.75) is 64.2 Å². The van der Waals surface area contributed by atoms with Crippen LogP contribution in [0.15, 0.2) is 0 Å². The molecule has 2 aliphatic rings. The van der Waals surface area contributed by atoms with Gasteiger partial charge in [0.1, 0.15) is 0 Å². The Morgan fingerprint density at radius 2 is 0.833 bits per heavy atom. The van der Waals surface area contributed by atoms with Crippen molar-refractivity contribution in [1.29, 1.82) is 0 Å². The van der Waals surface area contributed by atoms with Gasteiger partial charge in [-0.3, -0.25) is 0 Å². The lowest BCUT2D eigenvalue weighted by atomic mass is 9.89. The lowest BCUT2D eigenvalue weighted by Crippen LogP contribution is -3.00. The SMILES string of the molecule is C[N+]1(C)CCC(CCCCCCC2CC[N+](C)(C)CC2)CC1.[Br-].[Br-]. The second-order valence-corrected chi connectivity index (χ2v) is 9.64. The number of piperidine rings is 2. The standard InChI is InChI=1S/C20H42N2.2BrH/c1-21(2)15-11-19(12-16-21)9-7-5-6-8-10-20-13-17-22(3,4)18-14-20;;/h19-20H,5-18H2,1-4H3;2*1H/q+2;;/p-2. The van der Waals surface area contributed by atoms with Gasteiger partial charge in [0, 0.05) is 0 Å². The van der Waals surface area contributed by atoms with E-state index in [2.05, 4.69) is 28.2 Å². The van der Waals surface area contributed by atoms with E-state index in [0.29, 0.717) is 0 Å². The summed E-state index contributed by atoms with van der Waals surface area (Å²) in [5, 5.41) is 0. The molecule has 0 aromatic rings. The summed E-state index contributed by atoms with van der Waals surface area (Å²) in [6, 6.07) is 0. The summed E-state index contributed by atoms with van der Waals surface area (Å²) in [6.45, 7) is 5.62. The fourth-order valence-electron chi connectivity index (χ4n) is 4.44. The van der Waals surface area contributed by atoms with E-state index in [1.807, 2.05) is 0 Å². The first-order valence-corrected chi connectivity index (χ1v) is 10.0. The van der Waals surface area contributed by atoms with Crippen LogP contribution in [-0.2, 0) is 0 Å². The molecule has 2 heterocycles. The van der Waals surface area contributed by atoms with Crippen LogP contribution in [0.3, 0.4) is 0 Å². The molecule has 0 spiro atoms. The van der Waals surface area contributed by atoms with Crippen molar-refractivity contribution in [3.05, 3.63) is 0 Å². The minimum atomic E-state index is 0. The van der Waals surface area contributed by atoms with Crippen molar-refractivity contribution in [2.24, 2.45) is 11.8 Å². The van der Waals surface area contributed by atoms with Gasteiger partial charge in [-0.05, 0) is 37.5 Å². The van der Waals surface area contributed by atoms with E-state index in [-0.39, 0.29) is 34.0 Å². The number of hydrogen-bond acceptors (Lipinski definition) is 0.